The Kier molecular flexibility index (Phi) is 3.27. The molecule has 0 bridgehead atoms. The quantitative estimate of drug-likeness (QED) is 0.865. The highest BCUT2D eigenvalue weighted by Crippen LogP contribution is 2.21. The van der Waals surface area contributed by atoms with Crippen LogP contribution >= 0.6 is 0 Å². The largest absolute Gasteiger partial charge is 0.351 e. The summed E-state index contributed by atoms with van der Waals surface area (Å²) in [7, 11) is 0. The number of aromatic nitrogens is 3. The van der Waals surface area contributed by atoms with Crippen LogP contribution in [-0.2, 0) is 0 Å². The van der Waals surface area contributed by atoms with Crippen molar-refractivity contribution >= 4 is 11.8 Å². The van der Waals surface area contributed by atoms with Crippen molar-refractivity contribution in [3.05, 3.63) is 36.3 Å². The Hall–Kier alpha value is -2.37. The molecule has 0 saturated carbocycles. The highest BCUT2D eigenvalue weighted by atomic mass is 16.2. The summed E-state index contributed by atoms with van der Waals surface area (Å²) in [5.41, 5.74) is 6.80. The van der Waals surface area contributed by atoms with E-state index in [2.05, 4.69) is 15.4 Å². The van der Waals surface area contributed by atoms with Crippen LogP contribution < -0.4 is 11.1 Å². The van der Waals surface area contributed by atoms with Gasteiger partial charge in [-0.3, -0.25) is 10.3 Å². The molecule has 0 atom stereocenters. The average Bonchev–Trinajstić information content (AvgIpc) is 2.73. The Bertz CT molecular complexity index is 547. The Morgan fingerprint density at radius 3 is 2.83 bits per heavy atom. The molecule has 2 rings (SSSR count). The van der Waals surface area contributed by atoms with Gasteiger partial charge < -0.3 is 5.73 Å². The minimum absolute atomic E-state index is 0.261. The summed E-state index contributed by atoms with van der Waals surface area (Å²) in [6.07, 6.45) is 3.35. The Morgan fingerprint density at radius 1 is 1.50 bits per heavy atom. The van der Waals surface area contributed by atoms with Gasteiger partial charge in [0.05, 0.1) is 17.6 Å². The molecule has 2 aromatic rings. The third-order valence-corrected chi connectivity index (χ3v) is 2.46. The molecule has 0 aromatic carbocycles. The molecule has 2 amide bonds. The van der Waals surface area contributed by atoms with E-state index in [0.29, 0.717) is 5.82 Å². The van der Waals surface area contributed by atoms with Gasteiger partial charge in [0.1, 0.15) is 5.82 Å². The van der Waals surface area contributed by atoms with Crippen molar-refractivity contribution in [3.63, 3.8) is 0 Å². The van der Waals surface area contributed by atoms with Gasteiger partial charge in [-0.2, -0.15) is 5.10 Å². The minimum atomic E-state index is -0.615. The van der Waals surface area contributed by atoms with E-state index >= 15 is 0 Å². The minimum Gasteiger partial charge on any atom is -0.351 e. The summed E-state index contributed by atoms with van der Waals surface area (Å²) >= 11 is 0. The van der Waals surface area contributed by atoms with Gasteiger partial charge >= 0.3 is 6.03 Å². The Balaban J connectivity index is 2.47. The molecule has 0 radical (unpaired) electrons. The van der Waals surface area contributed by atoms with E-state index in [0.717, 1.165) is 11.4 Å². The topological polar surface area (TPSA) is 85.8 Å². The van der Waals surface area contributed by atoms with Crippen LogP contribution in [0.15, 0.2) is 30.6 Å². The lowest BCUT2D eigenvalue weighted by atomic mass is 10.1. The van der Waals surface area contributed by atoms with Crippen molar-refractivity contribution in [1.29, 1.82) is 0 Å². The van der Waals surface area contributed by atoms with Crippen molar-refractivity contribution < 1.29 is 4.79 Å². The zero-order valence-corrected chi connectivity index (χ0v) is 10.3. The number of nitrogens with one attached hydrogen (secondary N) is 1. The zero-order valence-electron chi connectivity index (χ0n) is 10.3. The monoisotopic (exact) mass is 245 g/mol. The van der Waals surface area contributed by atoms with Crippen molar-refractivity contribution in [2.75, 3.05) is 5.32 Å². The van der Waals surface area contributed by atoms with Crippen LogP contribution in [0.2, 0.25) is 0 Å². The van der Waals surface area contributed by atoms with E-state index in [4.69, 9.17) is 5.73 Å². The number of carbonyl (C=O) groups excluding carboxylic acids is 1. The number of primary amides is 1. The average molecular weight is 245 g/mol. The first-order valence-electron chi connectivity index (χ1n) is 5.64. The molecule has 0 aliphatic rings. The van der Waals surface area contributed by atoms with Crippen molar-refractivity contribution in [1.82, 2.24) is 14.8 Å². The molecule has 0 unspecified atom stereocenters. The molecule has 0 spiro atoms. The standard InChI is InChI=1S/C12H15N5O/c1-8(2)10-6-11(15-12(13)18)17(16-10)9-4-3-5-14-7-9/h3-8H,1-2H3,(H3,13,15,18). The number of urea groups is 1. The fraction of sp³-hybridized carbons (Fsp3) is 0.250. The van der Waals surface area contributed by atoms with Gasteiger partial charge in [0, 0.05) is 12.3 Å². The third-order valence-electron chi connectivity index (χ3n) is 2.46. The number of nitrogens with zero attached hydrogens (tertiary/aromatic N) is 3. The molecule has 6 heteroatoms. The lowest BCUT2D eigenvalue weighted by molar-refractivity contribution is 0.259. The predicted molar refractivity (Wildman–Crippen MR) is 68.7 cm³/mol. The zero-order chi connectivity index (χ0) is 13.1. The van der Waals surface area contributed by atoms with Gasteiger partial charge in [0.15, 0.2) is 0 Å². The van der Waals surface area contributed by atoms with E-state index in [1.807, 2.05) is 26.0 Å². The summed E-state index contributed by atoms with van der Waals surface area (Å²) in [5, 5.41) is 7.00. The second-order valence-corrected chi connectivity index (χ2v) is 4.22. The summed E-state index contributed by atoms with van der Waals surface area (Å²) < 4.78 is 1.62. The maximum Gasteiger partial charge on any atom is 0.317 e. The van der Waals surface area contributed by atoms with Gasteiger partial charge in [-0.15, -0.1) is 0 Å². The highest BCUT2D eigenvalue weighted by Gasteiger charge is 2.13. The van der Waals surface area contributed by atoms with Crippen LogP contribution in [0.4, 0.5) is 10.6 Å². The van der Waals surface area contributed by atoms with Crippen molar-refractivity contribution in [3.8, 4) is 5.69 Å². The first-order chi connectivity index (χ1) is 8.58. The van der Waals surface area contributed by atoms with Gasteiger partial charge in [0.25, 0.3) is 0 Å². The number of anilines is 1. The van der Waals surface area contributed by atoms with Crippen LogP contribution in [0.3, 0.4) is 0 Å². The number of hydrogen-bond acceptors (Lipinski definition) is 3. The maximum absolute atomic E-state index is 11.0. The normalized spacial score (nSPS) is 10.6. The van der Waals surface area contributed by atoms with Crippen LogP contribution in [0.25, 0.3) is 5.69 Å². The maximum atomic E-state index is 11.0. The SMILES string of the molecule is CC(C)c1cc(NC(N)=O)n(-c2cccnc2)n1. The fourth-order valence-corrected chi connectivity index (χ4v) is 1.57. The first kappa shape index (κ1) is 12.1. The number of carbonyl (C=O) groups is 1. The van der Waals surface area contributed by atoms with E-state index in [1.54, 1.807) is 23.1 Å². The Morgan fingerprint density at radius 2 is 2.28 bits per heavy atom. The van der Waals surface area contributed by atoms with Crippen LogP contribution in [0.1, 0.15) is 25.5 Å². The fourth-order valence-electron chi connectivity index (χ4n) is 1.57. The predicted octanol–water partition coefficient (Wildman–Crippen LogP) is 1.88. The smallest absolute Gasteiger partial charge is 0.317 e. The molecular formula is C12H15N5O. The molecular weight excluding hydrogens is 230 g/mol. The summed E-state index contributed by atoms with van der Waals surface area (Å²) in [5.74, 6) is 0.801. The van der Waals surface area contributed by atoms with E-state index < -0.39 is 6.03 Å². The van der Waals surface area contributed by atoms with Crippen molar-refractivity contribution in [2.45, 2.75) is 19.8 Å². The first-order valence-corrected chi connectivity index (χ1v) is 5.64. The van der Waals surface area contributed by atoms with Crippen LogP contribution in [0.5, 0.6) is 0 Å². The highest BCUT2D eigenvalue weighted by molar-refractivity contribution is 5.87. The van der Waals surface area contributed by atoms with Gasteiger partial charge in [-0.1, -0.05) is 13.8 Å². The summed E-state index contributed by atoms with van der Waals surface area (Å²) in [6.45, 7) is 4.06. The van der Waals surface area contributed by atoms with Crippen molar-refractivity contribution in [2.24, 2.45) is 5.73 Å². The lowest BCUT2D eigenvalue weighted by Crippen LogP contribution is -2.21. The summed E-state index contributed by atoms with van der Waals surface area (Å²) in [4.78, 5) is 15.0. The van der Waals surface area contributed by atoms with E-state index in [9.17, 15) is 4.79 Å². The van der Waals surface area contributed by atoms with E-state index in [1.165, 1.54) is 0 Å². The van der Waals surface area contributed by atoms with Crippen LogP contribution in [0, 0.1) is 0 Å². The van der Waals surface area contributed by atoms with Gasteiger partial charge in [-0.25, -0.2) is 9.48 Å². The molecule has 0 fully saturated rings. The molecule has 94 valence electrons. The molecule has 18 heavy (non-hydrogen) atoms. The lowest BCUT2D eigenvalue weighted by Gasteiger charge is -2.06. The van der Waals surface area contributed by atoms with Crippen LogP contribution in [-0.4, -0.2) is 20.8 Å². The molecule has 6 nitrogen and oxygen atoms in total. The molecule has 2 heterocycles. The second kappa shape index (κ2) is 4.87. The molecule has 3 N–H and O–H groups in total. The molecule has 2 aromatic heterocycles. The second-order valence-electron chi connectivity index (χ2n) is 4.22. The molecule has 0 aliphatic heterocycles. The number of hydrogen-bond donors (Lipinski definition) is 2. The van der Waals surface area contributed by atoms with Gasteiger partial charge in [-0.05, 0) is 18.1 Å². The van der Waals surface area contributed by atoms with E-state index in [-0.39, 0.29) is 5.92 Å². The van der Waals surface area contributed by atoms with Gasteiger partial charge in [0.2, 0.25) is 0 Å². The number of pyridine rings is 1. The number of rotatable bonds is 3. The number of nitrogens with two attached hydrogens (primary N) is 1. The molecule has 0 aliphatic carbocycles. The Labute approximate surface area is 105 Å². The molecule has 0 saturated heterocycles. The third kappa shape index (κ3) is 2.48. The number of amides is 2. The summed E-state index contributed by atoms with van der Waals surface area (Å²) in [6, 6.07) is 4.86.